The molecule has 2 saturated heterocycles. The summed E-state index contributed by atoms with van der Waals surface area (Å²) in [5, 5.41) is 23.1. The number of aromatic nitrogens is 2. The normalized spacial score (nSPS) is 16.8. The zero-order valence-electron chi connectivity index (χ0n) is 20.8. The van der Waals surface area contributed by atoms with E-state index >= 15 is 0 Å². The summed E-state index contributed by atoms with van der Waals surface area (Å²) in [6.07, 6.45) is 3.68. The Labute approximate surface area is 216 Å². The zero-order chi connectivity index (χ0) is 25.8. The first-order valence-corrected chi connectivity index (χ1v) is 12.6. The highest BCUT2D eigenvalue weighted by atomic mass is 16.2. The molecule has 3 heterocycles. The van der Waals surface area contributed by atoms with Crippen LogP contribution in [-0.4, -0.2) is 64.8 Å². The first kappa shape index (κ1) is 24.4. The molecule has 2 aliphatic heterocycles. The fourth-order valence-electron chi connectivity index (χ4n) is 5.23. The van der Waals surface area contributed by atoms with Gasteiger partial charge in [0.05, 0.1) is 35.5 Å². The lowest BCUT2D eigenvalue weighted by Crippen LogP contribution is -2.48. The highest BCUT2D eigenvalue weighted by Gasteiger charge is 2.25. The van der Waals surface area contributed by atoms with Crippen LogP contribution in [0.4, 0.5) is 11.5 Å². The summed E-state index contributed by atoms with van der Waals surface area (Å²) in [6.45, 7) is 5.24. The van der Waals surface area contributed by atoms with E-state index in [0.29, 0.717) is 48.2 Å². The maximum Gasteiger partial charge on any atom is 0.253 e. The van der Waals surface area contributed by atoms with Crippen molar-refractivity contribution in [1.29, 1.82) is 10.5 Å². The van der Waals surface area contributed by atoms with Crippen molar-refractivity contribution in [3.05, 3.63) is 77.0 Å². The number of benzene rings is 2. The van der Waals surface area contributed by atoms with E-state index in [1.165, 1.54) is 0 Å². The molecule has 9 heteroatoms. The number of piperazine rings is 1. The maximum atomic E-state index is 12.9. The van der Waals surface area contributed by atoms with Gasteiger partial charge < -0.3 is 15.5 Å². The van der Waals surface area contributed by atoms with Gasteiger partial charge in [0.25, 0.3) is 5.91 Å². The Balaban J connectivity index is 1.19. The summed E-state index contributed by atoms with van der Waals surface area (Å²) in [5.41, 5.74) is 10.0. The topological polar surface area (TPSA) is 118 Å². The first-order valence-electron chi connectivity index (χ1n) is 12.6. The number of nitrogen functional groups attached to an aromatic ring is 1. The van der Waals surface area contributed by atoms with Gasteiger partial charge in [0, 0.05) is 57.1 Å². The number of hydrogen-bond donors (Lipinski definition) is 1. The van der Waals surface area contributed by atoms with Crippen molar-refractivity contribution in [3.8, 4) is 12.1 Å². The fraction of sp³-hybridized carbons (Fsp3) is 0.357. The molecule has 1 aromatic heterocycles. The monoisotopic (exact) mass is 494 g/mol. The van der Waals surface area contributed by atoms with Gasteiger partial charge in [-0.3, -0.25) is 9.69 Å². The summed E-state index contributed by atoms with van der Waals surface area (Å²) >= 11 is 0. The third-order valence-corrected chi connectivity index (χ3v) is 7.40. The SMILES string of the molecule is N#Cc1ccc(C(=O)N2CCN(Cc3cc(N4CCC(n5nccc5N)CC4)ccc3C#N)CC2)cc1. The van der Waals surface area contributed by atoms with Gasteiger partial charge in [0.1, 0.15) is 5.82 Å². The van der Waals surface area contributed by atoms with Crippen molar-refractivity contribution in [3.63, 3.8) is 0 Å². The molecule has 2 aliphatic rings. The van der Waals surface area contributed by atoms with Crippen LogP contribution in [0.2, 0.25) is 0 Å². The van der Waals surface area contributed by atoms with E-state index in [9.17, 15) is 10.1 Å². The van der Waals surface area contributed by atoms with Crippen molar-refractivity contribution in [2.45, 2.75) is 25.4 Å². The Hall–Kier alpha value is -4.34. The molecule has 0 saturated carbocycles. The van der Waals surface area contributed by atoms with Crippen molar-refractivity contribution in [1.82, 2.24) is 19.6 Å². The smallest absolute Gasteiger partial charge is 0.253 e. The molecule has 1 amide bonds. The van der Waals surface area contributed by atoms with Crippen molar-refractivity contribution >= 4 is 17.4 Å². The number of amides is 1. The van der Waals surface area contributed by atoms with E-state index in [4.69, 9.17) is 11.0 Å². The molecule has 0 unspecified atom stereocenters. The summed E-state index contributed by atoms with van der Waals surface area (Å²) in [5.74, 6) is 0.696. The second-order valence-corrected chi connectivity index (χ2v) is 9.63. The molecule has 0 bridgehead atoms. The molecule has 37 heavy (non-hydrogen) atoms. The van der Waals surface area contributed by atoms with Crippen LogP contribution in [-0.2, 0) is 6.54 Å². The Kier molecular flexibility index (Phi) is 7.07. The molecule has 2 aromatic carbocycles. The van der Waals surface area contributed by atoms with Gasteiger partial charge in [0.2, 0.25) is 0 Å². The van der Waals surface area contributed by atoms with Crippen molar-refractivity contribution in [2.24, 2.45) is 0 Å². The third kappa shape index (κ3) is 5.28. The zero-order valence-corrected chi connectivity index (χ0v) is 20.8. The number of anilines is 2. The van der Waals surface area contributed by atoms with Crippen LogP contribution in [0.25, 0.3) is 0 Å². The van der Waals surface area contributed by atoms with Crippen LogP contribution < -0.4 is 10.6 Å². The summed E-state index contributed by atoms with van der Waals surface area (Å²) in [6, 6.07) is 19.5. The Morgan fingerprint density at radius 1 is 0.946 bits per heavy atom. The molecule has 0 radical (unpaired) electrons. The molecule has 188 valence electrons. The minimum absolute atomic E-state index is 0.0101. The minimum Gasteiger partial charge on any atom is -0.384 e. The largest absolute Gasteiger partial charge is 0.384 e. The van der Waals surface area contributed by atoms with Gasteiger partial charge in [-0.25, -0.2) is 4.68 Å². The second kappa shape index (κ2) is 10.7. The lowest BCUT2D eigenvalue weighted by atomic mass is 10.0. The number of nitrogens with zero attached hydrogens (tertiary/aromatic N) is 7. The van der Waals surface area contributed by atoms with Gasteiger partial charge in [-0.2, -0.15) is 15.6 Å². The number of piperidine rings is 1. The molecule has 0 aliphatic carbocycles. The van der Waals surface area contributed by atoms with E-state index in [2.05, 4.69) is 33.1 Å². The molecule has 9 nitrogen and oxygen atoms in total. The van der Waals surface area contributed by atoms with Crippen LogP contribution in [0.3, 0.4) is 0 Å². The molecule has 2 N–H and O–H groups in total. The van der Waals surface area contributed by atoms with Gasteiger partial charge in [-0.15, -0.1) is 0 Å². The number of nitrogens with two attached hydrogens (primary N) is 1. The van der Waals surface area contributed by atoms with E-state index < -0.39 is 0 Å². The van der Waals surface area contributed by atoms with E-state index in [1.807, 2.05) is 27.8 Å². The number of carbonyl (C=O) groups is 1. The lowest BCUT2D eigenvalue weighted by Gasteiger charge is -2.36. The molecule has 0 atom stereocenters. The van der Waals surface area contributed by atoms with E-state index in [1.54, 1.807) is 30.5 Å². The van der Waals surface area contributed by atoms with Gasteiger partial charge in [0.15, 0.2) is 0 Å². The van der Waals surface area contributed by atoms with Crippen molar-refractivity contribution < 1.29 is 4.79 Å². The average molecular weight is 495 g/mol. The number of nitriles is 2. The fourth-order valence-corrected chi connectivity index (χ4v) is 5.23. The molecule has 5 rings (SSSR count). The first-order chi connectivity index (χ1) is 18.1. The Morgan fingerprint density at radius 3 is 2.30 bits per heavy atom. The third-order valence-electron chi connectivity index (χ3n) is 7.40. The van der Waals surface area contributed by atoms with Crippen LogP contribution in [0.1, 0.15) is 45.9 Å². The molecular formula is C28H30N8O. The maximum absolute atomic E-state index is 12.9. The highest BCUT2D eigenvalue weighted by Crippen LogP contribution is 2.29. The van der Waals surface area contributed by atoms with Crippen LogP contribution in [0.15, 0.2) is 54.7 Å². The van der Waals surface area contributed by atoms with E-state index in [0.717, 1.165) is 50.3 Å². The highest BCUT2D eigenvalue weighted by molar-refractivity contribution is 5.94. The predicted molar refractivity (Wildman–Crippen MR) is 141 cm³/mol. The van der Waals surface area contributed by atoms with Gasteiger partial charge >= 0.3 is 0 Å². The van der Waals surface area contributed by atoms with E-state index in [-0.39, 0.29) is 5.91 Å². The summed E-state index contributed by atoms with van der Waals surface area (Å²) in [4.78, 5) is 19.4. The Bertz CT molecular complexity index is 1330. The number of rotatable bonds is 5. The van der Waals surface area contributed by atoms with Crippen LogP contribution in [0.5, 0.6) is 0 Å². The minimum atomic E-state index is -0.0101. The standard InChI is InChI=1S/C28H30N8O/c29-18-21-1-3-22(4-2-21)28(37)35-15-13-33(14-16-35)20-24-17-26(6-5-23(24)19-30)34-11-8-25(9-12-34)36-27(31)7-10-32-36/h1-7,10,17,25H,8-9,11-16,20,31H2. The molecular weight excluding hydrogens is 464 g/mol. The number of hydrogen-bond acceptors (Lipinski definition) is 7. The lowest BCUT2D eigenvalue weighted by molar-refractivity contribution is 0.0628. The van der Waals surface area contributed by atoms with Gasteiger partial charge in [-0.05, 0) is 66.9 Å². The summed E-state index contributed by atoms with van der Waals surface area (Å²) in [7, 11) is 0. The molecule has 2 fully saturated rings. The predicted octanol–water partition coefficient (Wildman–Crippen LogP) is 3.01. The number of carbonyl (C=O) groups excluding carboxylic acids is 1. The van der Waals surface area contributed by atoms with Crippen LogP contribution >= 0.6 is 0 Å². The quantitative estimate of drug-likeness (QED) is 0.579. The average Bonchev–Trinajstić information content (AvgIpc) is 3.39. The molecule has 3 aromatic rings. The summed E-state index contributed by atoms with van der Waals surface area (Å²) < 4.78 is 1.92. The van der Waals surface area contributed by atoms with Crippen LogP contribution in [0, 0.1) is 22.7 Å². The molecule has 0 spiro atoms. The Morgan fingerprint density at radius 2 is 1.68 bits per heavy atom. The second-order valence-electron chi connectivity index (χ2n) is 9.63. The van der Waals surface area contributed by atoms with Crippen molar-refractivity contribution in [2.75, 3.05) is 49.9 Å². The van der Waals surface area contributed by atoms with Gasteiger partial charge in [-0.1, -0.05) is 0 Å².